The van der Waals surface area contributed by atoms with Crippen molar-refractivity contribution in [2.45, 2.75) is 19.3 Å². The zero-order chi connectivity index (χ0) is 15.4. The lowest BCUT2D eigenvalue weighted by Crippen LogP contribution is -2.37. The van der Waals surface area contributed by atoms with Gasteiger partial charge in [-0.2, -0.15) is 0 Å². The lowest BCUT2D eigenvalue weighted by molar-refractivity contribution is -0.133. The van der Waals surface area contributed by atoms with Crippen LogP contribution in [-0.4, -0.2) is 41.5 Å². The number of benzene rings is 1. The summed E-state index contributed by atoms with van der Waals surface area (Å²) in [4.78, 5) is 29.7. The fourth-order valence-electron chi connectivity index (χ4n) is 2.70. The Bertz CT molecular complexity index is 694. The number of hydrogen-bond acceptors (Lipinski definition) is 4. The van der Waals surface area contributed by atoms with E-state index in [-0.39, 0.29) is 12.5 Å². The van der Waals surface area contributed by atoms with E-state index >= 15 is 0 Å². The summed E-state index contributed by atoms with van der Waals surface area (Å²) < 4.78 is 5.31. The van der Waals surface area contributed by atoms with Crippen molar-refractivity contribution in [1.29, 1.82) is 0 Å². The number of nitrogens with zero attached hydrogens (tertiary/aromatic N) is 2. The van der Waals surface area contributed by atoms with E-state index in [1.807, 2.05) is 24.3 Å². The Labute approximate surface area is 128 Å². The van der Waals surface area contributed by atoms with E-state index in [2.05, 4.69) is 4.98 Å². The largest absolute Gasteiger partial charge is 0.460 e. The van der Waals surface area contributed by atoms with Crippen molar-refractivity contribution in [2.75, 3.05) is 19.7 Å². The van der Waals surface area contributed by atoms with Crippen molar-refractivity contribution in [1.82, 2.24) is 9.88 Å². The molecule has 1 fully saturated rings. The van der Waals surface area contributed by atoms with Gasteiger partial charge in [-0.3, -0.25) is 9.78 Å². The molecule has 0 N–H and O–H groups in total. The predicted molar refractivity (Wildman–Crippen MR) is 82.5 cm³/mol. The second-order valence-corrected chi connectivity index (χ2v) is 5.38. The monoisotopic (exact) mass is 298 g/mol. The smallest absolute Gasteiger partial charge is 0.340 e. The van der Waals surface area contributed by atoms with Gasteiger partial charge in [-0.05, 0) is 18.2 Å². The molecule has 1 saturated heterocycles. The molecule has 0 radical (unpaired) electrons. The molecule has 5 heteroatoms. The molecule has 5 nitrogen and oxygen atoms in total. The van der Waals surface area contributed by atoms with Crippen molar-refractivity contribution in [3.63, 3.8) is 0 Å². The maximum atomic E-state index is 12.2. The quantitative estimate of drug-likeness (QED) is 0.813. The van der Waals surface area contributed by atoms with Crippen molar-refractivity contribution in [3.8, 4) is 0 Å². The van der Waals surface area contributed by atoms with Gasteiger partial charge in [0.2, 0.25) is 5.91 Å². The summed E-state index contributed by atoms with van der Waals surface area (Å²) in [5.74, 6) is -0.247. The van der Waals surface area contributed by atoms with Crippen LogP contribution in [0.1, 0.15) is 29.6 Å². The summed E-state index contributed by atoms with van der Waals surface area (Å²) in [5.41, 5.74) is 0.461. The Kier molecular flexibility index (Phi) is 4.32. The normalized spacial score (nSPS) is 15.1. The molecule has 3 rings (SSSR count). The van der Waals surface area contributed by atoms with E-state index < -0.39 is 5.97 Å². The molecule has 0 unspecified atom stereocenters. The second-order valence-electron chi connectivity index (χ2n) is 5.38. The van der Waals surface area contributed by atoms with Crippen LogP contribution < -0.4 is 0 Å². The van der Waals surface area contributed by atoms with Crippen LogP contribution in [0.2, 0.25) is 0 Å². The fourth-order valence-corrected chi connectivity index (χ4v) is 2.70. The van der Waals surface area contributed by atoms with Crippen LogP contribution in [0.3, 0.4) is 0 Å². The molecule has 22 heavy (non-hydrogen) atoms. The number of rotatable bonds is 4. The van der Waals surface area contributed by atoms with Crippen molar-refractivity contribution in [3.05, 3.63) is 42.2 Å². The molecule has 114 valence electrons. The van der Waals surface area contributed by atoms with Crippen molar-refractivity contribution >= 4 is 22.6 Å². The molecule has 0 aliphatic carbocycles. The van der Waals surface area contributed by atoms with E-state index in [4.69, 9.17) is 4.74 Å². The molecular weight excluding hydrogens is 280 g/mol. The van der Waals surface area contributed by atoms with Crippen LogP contribution in [-0.2, 0) is 9.53 Å². The van der Waals surface area contributed by atoms with Gasteiger partial charge in [-0.25, -0.2) is 4.79 Å². The average molecular weight is 298 g/mol. The first-order valence-corrected chi connectivity index (χ1v) is 7.53. The highest BCUT2D eigenvalue weighted by molar-refractivity contribution is 6.03. The third-order valence-electron chi connectivity index (χ3n) is 3.90. The minimum atomic E-state index is -0.395. The molecule has 0 saturated carbocycles. The maximum Gasteiger partial charge on any atom is 0.340 e. The standard InChI is InChI=1S/C17H18N2O3/c20-16-7-3-4-8-19(16)9-10-22-17(21)15-12-18-11-13-5-1-2-6-14(13)15/h1-2,5-6,11-12H,3-4,7-10H2. The van der Waals surface area contributed by atoms with Crippen LogP contribution in [0.25, 0.3) is 10.8 Å². The van der Waals surface area contributed by atoms with E-state index in [0.717, 1.165) is 30.2 Å². The number of amides is 1. The van der Waals surface area contributed by atoms with Crippen LogP contribution >= 0.6 is 0 Å². The first-order valence-electron chi connectivity index (χ1n) is 7.53. The highest BCUT2D eigenvalue weighted by Gasteiger charge is 2.18. The van der Waals surface area contributed by atoms with Gasteiger partial charge in [0.25, 0.3) is 0 Å². The highest BCUT2D eigenvalue weighted by Crippen LogP contribution is 2.18. The van der Waals surface area contributed by atoms with E-state index in [9.17, 15) is 9.59 Å². The number of aromatic nitrogens is 1. The minimum absolute atomic E-state index is 0.147. The molecule has 1 aromatic heterocycles. The Morgan fingerprint density at radius 1 is 1.23 bits per heavy atom. The molecule has 0 bridgehead atoms. The number of piperidine rings is 1. The fraction of sp³-hybridized carbons (Fsp3) is 0.353. The second kappa shape index (κ2) is 6.56. The van der Waals surface area contributed by atoms with Crippen LogP contribution in [0.15, 0.2) is 36.7 Å². The number of ether oxygens (including phenoxy) is 1. The van der Waals surface area contributed by atoms with E-state index in [1.54, 1.807) is 11.1 Å². The van der Waals surface area contributed by atoms with E-state index in [1.165, 1.54) is 6.20 Å². The summed E-state index contributed by atoms with van der Waals surface area (Å²) in [7, 11) is 0. The number of carbonyl (C=O) groups excluding carboxylic acids is 2. The third kappa shape index (κ3) is 3.08. The van der Waals surface area contributed by atoms with Gasteiger partial charge in [0.05, 0.1) is 12.1 Å². The van der Waals surface area contributed by atoms with Gasteiger partial charge >= 0.3 is 5.97 Å². The van der Waals surface area contributed by atoms with Gasteiger partial charge < -0.3 is 9.64 Å². The van der Waals surface area contributed by atoms with Gasteiger partial charge in [0.1, 0.15) is 6.61 Å². The molecule has 1 aliphatic heterocycles. The van der Waals surface area contributed by atoms with Crippen molar-refractivity contribution < 1.29 is 14.3 Å². The predicted octanol–water partition coefficient (Wildman–Crippen LogP) is 2.40. The number of hydrogen-bond donors (Lipinski definition) is 0. The molecule has 2 heterocycles. The van der Waals surface area contributed by atoms with Crippen LogP contribution in [0.5, 0.6) is 0 Å². The number of esters is 1. The Hall–Kier alpha value is -2.43. The van der Waals surface area contributed by atoms with Gasteiger partial charge in [0, 0.05) is 30.7 Å². The summed E-state index contributed by atoms with van der Waals surface area (Å²) in [5, 5.41) is 1.74. The first-order chi connectivity index (χ1) is 10.8. The zero-order valence-corrected chi connectivity index (χ0v) is 12.3. The highest BCUT2D eigenvalue weighted by atomic mass is 16.5. The van der Waals surface area contributed by atoms with Gasteiger partial charge in [0.15, 0.2) is 0 Å². The third-order valence-corrected chi connectivity index (χ3v) is 3.90. The Balaban J connectivity index is 1.63. The topological polar surface area (TPSA) is 59.5 Å². The van der Waals surface area contributed by atoms with Gasteiger partial charge in [-0.15, -0.1) is 0 Å². The molecule has 0 spiro atoms. The van der Waals surface area contributed by atoms with Crippen LogP contribution in [0, 0.1) is 0 Å². The molecule has 1 aliphatic rings. The lowest BCUT2D eigenvalue weighted by Gasteiger charge is -2.26. The molecule has 2 aromatic rings. The molecule has 0 atom stereocenters. The van der Waals surface area contributed by atoms with E-state index in [0.29, 0.717) is 18.5 Å². The summed E-state index contributed by atoms with van der Waals surface area (Å²) >= 11 is 0. The Morgan fingerprint density at radius 3 is 2.95 bits per heavy atom. The van der Waals surface area contributed by atoms with Crippen LogP contribution in [0.4, 0.5) is 0 Å². The average Bonchev–Trinajstić information content (AvgIpc) is 2.56. The zero-order valence-electron chi connectivity index (χ0n) is 12.3. The number of fused-ring (bicyclic) bond motifs is 1. The lowest BCUT2D eigenvalue weighted by atomic mass is 10.1. The maximum absolute atomic E-state index is 12.2. The van der Waals surface area contributed by atoms with Gasteiger partial charge in [-0.1, -0.05) is 24.3 Å². The summed E-state index contributed by atoms with van der Waals surface area (Å²) in [6.07, 6.45) is 5.82. The SMILES string of the molecule is O=C(OCCN1CCCCC1=O)c1cncc2ccccc12. The number of likely N-dealkylation sites (tertiary alicyclic amines) is 1. The summed E-state index contributed by atoms with van der Waals surface area (Å²) in [6.45, 7) is 1.43. The number of carbonyl (C=O) groups is 2. The molecule has 1 amide bonds. The summed E-state index contributed by atoms with van der Waals surface area (Å²) in [6, 6.07) is 7.57. The van der Waals surface area contributed by atoms with Crippen molar-refractivity contribution in [2.24, 2.45) is 0 Å². The molecule has 1 aromatic carbocycles. The Morgan fingerprint density at radius 2 is 2.09 bits per heavy atom. The number of pyridine rings is 1. The first kappa shape index (κ1) is 14.5. The molecular formula is C17H18N2O3. The minimum Gasteiger partial charge on any atom is -0.460 e.